The summed E-state index contributed by atoms with van der Waals surface area (Å²) in [7, 11) is -2.00. The maximum absolute atomic E-state index is 12.8. The van der Waals surface area contributed by atoms with Gasteiger partial charge in [-0.3, -0.25) is 0 Å². The monoisotopic (exact) mass is 384 g/mol. The molecule has 5 nitrogen and oxygen atoms in total. The number of phenols is 1. The van der Waals surface area contributed by atoms with Gasteiger partial charge >= 0.3 is 0 Å². The Kier molecular flexibility index (Phi) is 5.48. The predicted molar refractivity (Wildman–Crippen MR) is 102 cm³/mol. The van der Waals surface area contributed by atoms with Crippen LogP contribution in [0.5, 0.6) is 17.2 Å². The van der Waals surface area contributed by atoms with E-state index in [0.29, 0.717) is 11.5 Å². The van der Waals surface area contributed by atoms with Crippen molar-refractivity contribution in [1.29, 1.82) is 0 Å². The molecular weight excluding hydrogens is 364 g/mol. The average molecular weight is 384 g/mol. The molecule has 1 atom stereocenters. The highest BCUT2D eigenvalue weighted by atomic mass is 32.2. The first-order valence-electron chi connectivity index (χ1n) is 8.35. The van der Waals surface area contributed by atoms with Gasteiger partial charge in [-0.25, -0.2) is 8.42 Å². The van der Waals surface area contributed by atoms with Crippen molar-refractivity contribution in [1.82, 2.24) is 0 Å². The smallest absolute Gasteiger partial charge is 0.206 e. The van der Waals surface area contributed by atoms with Crippen molar-refractivity contribution in [3.63, 3.8) is 0 Å². The molecule has 6 heteroatoms. The maximum Gasteiger partial charge on any atom is 0.206 e. The van der Waals surface area contributed by atoms with Crippen LogP contribution in [0.15, 0.2) is 82.6 Å². The largest absolute Gasteiger partial charge is 0.508 e. The van der Waals surface area contributed by atoms with Crippen LogP contribution in [0.1, 0.15) is 18.6 Å². The van der Waals surface area contributed by atoms with Crippen LogP contribution >= 0.6 is 0 Å². The summed E-state index contributed by atoms with van der Waals surface area (Å²) in [6, 6.07) is 19.2. The Hall–Kier alpha value is -2.83. The number of phenolic OH excluding ortho intramolecular Hbond substituents is 1. The van der Waals surface area contributed by atoms with Crippen LogP contribution in [0.4, 0.5) is 0 Å². The van der Waals surface area contributed by atoms with Crippen molar-refractivity contribution >= 4 is 9.84 Å². The lowest BCUT2D eigenvalue weighted by Crippen LogP contribution is -2.03. The topological polar surface area (TPSA) is 72.8 Å². The molecule has 3 aromatic carbocycles. The quantitative estimate of drug-likeness (QED) is 0.665. The Morgan fingerprint density at radius 1 is 0.778 bits per heavy atom. The average Bonchev–Trinajstić information content (AvgIpc) is 2.69. The fourth-order valence-corrected chi connectivity index (χ4v) is 3.79. The molecule has 0 saturated carbocycles. The van der Waals surface area contributed by atoms with Gasteiger partial charge in [-0.2, -0.15) is 0 Å². The first-order chi connectivity index (χ1) is 12.9. The zero-order chi connectivity index (χ0) is 19.4. The number of aromatic hydroxyl groups is 1. The molecule has 0 spiro atoms. The molecule has 140 valence electrons. The lowest BCUT2D eigenvalue weighted by molar-refractivity contribution is 0.119. The van der Waals surface area contributed by atoms with E-state index in [1.54, 1.807) is 55.6 Å². The van der Waals surface area contributed by atoms with E-state index in [0.717, 1.165) is 5.56 Å². The number of hydrogen-bond donors (Lipinski definition) is 1. The van der Waals surface area contributed by atoms with E-state index in [4.69, 9.17) is 9.47 Å². The molecule has 0 radical (unpaired) electrons. The second-order valence-corrected chi connectivity index (χ2v) is 7.97. The number of rotatable bonds is 6. The zero-order valence-corrected chi connectivity index (χ0v) is 15.8. The van der Waals surface area contributed by atoms with E-state index < -0.39 is 9.84 Å². The predicted octanol–water partition coefficient (Wildman–Crippen LogP) is 4.72. The van der Waals surface area contributed by atoms with Gasteiger partial charge in [-0.05, 0) is 73.2 Å². The molecule has 27 heavy (non-hydrogen) atoms. The van der Waals surface area contributed by atoms with E-state index in [2.05, 4.69) is 0 Å². The SMILES string of the molecule is COC(C)c1ccc(S(=O)(=O)c2ccc(Oc3ccc(O)cc3)cc2)cc1. The summed E-state index contributed by atoms with van der Waals surface area (Å²) >= 11 is 0. The van der Waals surface area contributed by atoms with Gasteiger partial charge in [-0.15, -0.1) is 0 Å². The Morgan fingerprint density at radius 2 is 1.22 bits per heavy atom. The Labute approximate surface area is 158 Å². The molecule has 0 bridgehead atoms. The Morgan fingerprint density at radius 3 is 1.70 bits per heavy atom. The molecule has 0 aliphatic carbocycles. The van der Waals surface area contributed by atoms with E-state index in [-0.39, 0.29) is 21.6 Å². The summed E-state index contributed by atoms with van der Waals surface area (Å²) in [5, 5.41) is 9.29. The van der Waals surface area contributed by atoms with E-state index in [1.807, 2.05) is 6.92 Å². The number of ether oxygens (including phenoxy) is 2. The lowest BCUT2D eigenvalue weighted by Gasteiger charge is -2.11. The van der Waals surface area contributed by atoms with Gasteiger partial charge in [0, 0.05) is 7.11 Å². The van der Waals surface area contributed by atoms with Crippen LogP contribution in [0.3, 0.4) is 0 Å². The second-order valence-electron chi connectivity index (χ2n) is 6.02. The molecule has 3 aromatic rings. The Bertz CT molecular complexity index is 992. The van der Waals surface area contributed by atoms with E-state index in [1.165, 1.54) is 24.3 Å². The normalized spacial score (nSPS) is 12.5. The first kappa shape index (κ1) is 18.9. The third-order valence-corrected chi connectivity index (χ3v) is 6.01. The van der Waals surface area contributed by atoms with Crippen molar-refractivity contribution in [3.05, 3.63) is 78.4 Å². The van der Waals surface area contributed by atoms with Crippen molar-refractivity contribution in [2.75, 3.05) is 7.11 Å². The van der Waals surface area contributed by atoms with E-state index >= 15 is 0 Å². The number of sulfone groups is 1. The molecule has 3 rings (SSSR count). The summed E-state index contributed by atoms with van der Waals surface area (Å²) in [4.78, 5) is 0.412. The van der Waals surface area contributed by atoms with Crippen molar-refractivity contribution in [3.8, 4) is 17.2 Å². The number of methoxy groups -OCH3 is 1. The molecular formula is C21H20O5S. The minimum atomic E-state index is -3.61. The molecule has 1 N–H and O–H groups in total. The van der Waals surface area contributed by atoms with Crippen LogP contribution in [-0.2, 0) is 14.6 Å². The fraction of sp³-hybridized carbons (Fsp3) is 0.143. The second kappa shape index (κ2) is 7.82. The first-order valence-corrected chi connectivity index (χ1v) is 9.83. The van der Waals surface area contributed by atoms with Crippen LogP contribution in [0.2, 0.25) is 0 Å². The van der Waals surface area contributed by atoms with Crippen molar-refractivity contribution < 1.29 is 23.0 Å². The molecule has 0 aliphatic rings. The van der Waals surface area contributed by atoms with Gasteiger partial charge in [0.05, 0.1) is 15.9 Å². The van der Waals surface area contributed by atoms with Crippen LogP contribution in [0.25, 0.3) is 0 Å². The van der Waals surface area contributed by atoms with Crippen LogP contribution < -0.4 is 4.74 Å². The van der Waals surface area contributed by atoms with E-state index in [9.17, 15) is 13.5 Å². The molecule has 0 aliphatic heterocycles. The standard InChI is InChI=1S/C21H20O5S/c1-15(25-2)16-3-11-20(12-4-16)27(23,24)21-13-9-19(10-14-21)26-18-7-5-17(22)6-8-18/h3-15,22H,1-2H3. The van der Waals surface area contributed by atoms with Crippen LogP contribution in [0, 0.1) is 0 Å². The van der Waals surface area contributed by atoms with Crippen molar-refractivity contribution in [2.24, 2.45) is 0 Å². The summed E-state index contributed by atoms with van der Waals surface area (Å²) in [5.41, 5.74) is 0.911. The highest BCUT2D eigenvalue weighted by Crippen LogP contribution is 2.27. The fourth-order valence-electron chi connectivity index (χ4n) is 2.53. The van der Waals surface area contributed by atoms with Gasteiger partial charge in [0.25, 0.3) is 0 Å². The maximum atomic E-state index is 12.8. The lowest BCUT2D eigenvalue weighted by atomic mass is 10.1. The highest BCUT2D eigenvalue weighted by Gasteiger charge is 2.18. The number of hydrogen-bond acceptors (Lipinski definition) is 5. The molecule has 0 heterocycles. The Balaban J connectivity index is 1.79. The molecule has 0 fully saturated rings. The summed E-state index contributed by atoms with van der Waals surface area (Å²) in [5.74, 6) is 1.20. The van der Waals surface area contributed by atoms with Gasteiger partial charge in [0.15, 0.2) is 0 Å². The molecule has 1 unspecified atom stereocenters. The number of benzene rings is 3. The van der Waals surface area contributed by atoms with Crippen LogP contribution in [-0.4, -0.2) is 20.6 Å². The minimum Gasteiger partial charge on any atom is -0.508 e. The minimum absolute atomic E-state index is 0.0990. The molecule has 0 saturated heterocycles. The van der Waals surface area contributed by atoms with Gasteiger partial charge < -0.3 is 14.6 Å². The molecule has 0 aromatic heterocycles. The third-order valence-electron chi connectivity index (χ3n) is 4.22. The summed E-state index contributed by atoms with van der Waals surface area (Å²) in [6.07, 6.45) is -0.0990. The van der Waals surface area contributed by atoms with Gasteiger partial charge in [-0.1, -0.05) is 12.1 Å². The van der Waals surface area contributed by atoms with Gasteiger partial charge in [0.2, 0.25) is 9.84 Å². The van der Waals surface area contributed by atoms with Crippen molar-refractivity contribution in [2.45, 2.75) is 22.8 Å². The third kappa shape index (κ3) is 4.30. The zero-order valence-electron chi connectivity index (χ0n) is 15.0. The summed E-state index contributed by atoms with van der Waals surface area (Å²) < 4.78 is 36.5. The molecule has 0 amide bonds. The highest BCUT2D eigenvalue weighted by molar-refractivity contribution is 7.91. The van der Waals surface area contributed by atoms with Gasteiger partial charge in [0.1, 0.15) is 17.2 Å². The summed E-state index contributed by atoms with van der Waals surface area (Å²) in [6.45, 7) is 1.90.